The van der Waals surface area contributed by atoms with Gasteiger partial charge in [0.15, 0.2) is 0 Å². The van der Waals surface area contributed by atoms with Crippen molar-refractivity contribution in [3.8, 4) is 11.5 Å². The number of carbonyl (C=O) groups excluding carboxylic acids is 2. The summed E-state index contributed by atoms with van der Waals surface area (Å²) < 4.78 is 5.29. The van der Waals surface area contributed by atoms with Crippen molar-refractivity contribution in [2.24, 2.45) is 0 Å². The van der Waals surface area contributed by atoms with Gasteiger partial charge in [0.1, 0.15) is 5.56 Å². The highest BCUT2D eigenvalue weighted by atomic mass is 16.6. The molecular weight excluding hydrogens is 402 g/mol. The minimum Gasteiger partial charge on any atom is -0.403 e. The van der Waals surface area contributed by atoms with Crippen LogP contribution >= 0.6 is 0 Å². The first-order valence-electron chi connectivity index (χ1n) is 9.12. The van der Waals surface area contributed by atoms with Crippen LogP contribution in [-0.2, 0) is 0 Å². The molecule has 3 aromatic carbocycles. The Bertz CT molecular complexity index is 1470. The summed E-state index contributed by atoms with van der Waals surface area (Å²) in [6.07, 6.45) is 0. The summed E-state index contributed by atoms with van der Waals surface area (Å²) in [4.78, 5) is 53.5. The number of nitro groups is 1. The topological polar surface area (TPSA) is 124 Å². The zero-order chi connectivity index (χ0) is 21.7. The van der Waals surface area contributed by atoms with Crippen LogP contribution in [-0.4, -0.2) is 21.7 Å². The smallest absolute Gasteiger partial charge is 0.347 e. The monoisotopic (exact) mass is 413 g/mol. The van der Waals surface area contributed by atoms with Gasteiger partial charge >= 0.3 is 5.63 Å². The summed E-state index contributed by atoms with van der Waals surface area (Å²) in [7, 11) is 0. The van der Waals surface area contributed by atoms with E-state index in [1.807, 2.05) is 0 Å². The molecule has 0 spiro atoms. The van der Waals surface area contributed by atoms with Crippen LogP contribution in [0.2, 0.25) is 0 Å². The Labute approximate surface area is 173 Å². The molecule has 0 radical (unpaired) electrons. The summed E-state index contributed by atoms with van der Waals surface area (Å²) in [6, 6.07) is 16.8. The van der Waals surface area contributed by atoms with Gasteiger partial charge in [0.05, 0.1) is 27.1 Å². The van der Waals surface area contributed by atoms with E-state index in [4.69, 9.17) is 4.42 Å². The highest BCUT2D eigenvalue weighted by Gasteiger charge is 2.41. The molecule has 9 nitrogen and oxygen atoms in total. The Kier molecular flexibility index (Phi) is 3.97. The molecule has 150 valence electrons. The summed E-state index contributed by atoms with van der Waals surface area (Å²) in [5, 5.41) is 11.6. The third-order valence-corrected chi connectivity index (χ3v) is 5.00. The van der Waals surface area contributed by atoms with Gasteiger partial charge in [-0.2, -0.15) is 0 Å². The zero-order valence-electron chi connectivity index (χ0n) is 15.6. The van der Waals surface area contributed by atoms with E-state index in [0.29, 0.717) is 16.5 Å². The standard InChI is InChI=1S/C22H11N3O6/c26-20-15-5-3-7-17(25(29)30)18(15)21(27)24(20)13-10-8-12(9-11-13)19-23-16-6-2-1-4-14(16)22(28)31-19/h1-11H. The quantitative estimate of drug-likeness (QED) is 0.286. The van der Waals surface area contributed by atoms with Crippen molar-refractivity contribution < 1.29 is 18.9 Å². The number of fused-ring (bicyclic) bond motifs is 2. The Hall–Kier alpha value is -4.66. The fraction of sp³-hybridized carbons (Fsp3) is 0. The second kappa shape index (κ2) is 6.70. The first-order valence-corrected chi connectivity index (χ1v) is 9.12. The highest BCUT2D eigenvalue weighted by Crippen LogP contribution is 2.34. The zero-order valence-corrected chi connectivity index (χ0v) is 15.6. The molecule has 0 bridgehead atoms. The number of nitrogens with zero attached hydrogens (tertiary/aromatic N) is 3. The maximum absolute atomic E-state index is 12.8. The molecule has 1 aliphatic rings. The van der Waals surface area contributed by atoms with E-state index >= 15 is 0 Å². The SMILES string of the molecule is O=C1c2cccc([N+](=O)[O-])c2C(=O)N1c1ccc(-c2nc3ccccc3c(=O)o2)cc1. The minimum absolute atomic E-state index is 0.0227. The fourth-order valence-electron chi connectivity index (χ4n) is 3.55. The summed E-state index contributed by atoms with van der Waals surface area (Å²) >= 11 is 0. The van der Waals surface area contributed by atoms with E-state index in [9.17, 15) is 24.5 Å². The number of imide groups is 1. The fourth-order valence-corrected chi connectivity index (χ4v) is 3.55. The molecule has 0 saturated carbocycles. The molecule has 0 fully saturated rings. The van der Waals surface area contributed by atoms with Gasteiger partial charge in [-0.3, -0.25) is 19.7 Å². The Morgan fingerprint density at radius 3 is 2.35 bits per heavy atom. The molecule has 9 heteroatoms. The van der Waals surface area contributed by atoms with Crippen LogP contribution in [0.4, 0.5) is 11.4 Å². The molecule has 0 saturated heterocycles. The first kappa shape index (κ1) is 18.4. The van der Waals surface area contributed by atoms with Crippen molar-refractivity contribution in [3.63, 3.8) is 0 Å². The average Bonchev–Trinajstić information content (AvgIpc) is 3.04. The number of aromatic nitrogens is 1. The molecule has 4 aromatic rings. The van der Waals surface area contributed by atoms with Crippen molar-refractivity contribution >= 4 is 34.1 Å². The predicted octanol–water partition coefficient (Wildman–Crippen LogP) is 3.56. The maximum Gasteiger partial charge on any atom is 0.347 e. The van der Waals surface area contributed by atoms with Gasteiger partial charge in [-0.1, -0.05) is 18.2 Å². The maximum atomic E-state index is 12.8. The molecule has 0 aliphatic carbocycles. The summed E-state index contributed by atoms with van der Waals surface area (Å²) in [6.45, 7) is 0. The predicted molar refractivity (Wildman–Crippen MR) is 110 cm³/mol. The van der Waals surface area contributed by atoms with Crippen LogP contribution in [0, 0.1) is 10.1 Å². The van der Waals surface area contributed by atoms with Crippen LogP contribution in [0.1, 0.15) is 20.7 Å². The van der Waals surface area contributed by atoms with E-state index in [1.165, 1.54) is 30.3 Å². The van der Waals surface area contributed by atoms with E-state index in [1.54, 1.807) is 36.4 Å². The van der Waals surface area contributed by atoms with Crippen molar-refractivity contribution in [1.29, 1.82) is 0 Å². The van der Waals surface area contributed by atoms with Crippen LogP contribution in [0.15, 0.2) is 75.9 Å². The second-order valence-electron chi connectivity index (χ2n) is 6.77. The lowest BCUT2D eigenvalue weighted by Gasteiger charge is -2.14. The summed E-state index contributed by atoms with van der Waals surface area (Å²) in [5.74, 6) is -1.32. The molecule has 1 aromatic heterocycles. The Morgan fingerprint density at radius 2 is 1.61 bits per heavy atom. The van der Waals surface area contributed by atoms with Crippen molar-refractivity contribution in [2.75, 3.05) is 4.90 Å². The third kappa shape index (κ3) is 2.79. The van der Waals surface area contributed by atoms with Crippen molar-refractivity contribution in [1.82, 2.24) is 4.98 Å². The van der Waals surface area contributed by atoms with Gasteiger partial charge in [-0.05, 0) is 42.5 Å². The van der Waals surface area contributed by atoms with Crippen LogP contribution in [0.25, 0.3) is 22.4 Å². The molecule has 0 N–H and O–H groups in total. The molecule has 0 unspecified atom stereocenters. The van der Waals surface area contributed by atoms with E-state index < -0.39 is 28.1 Å². The molecule has 5 rings (SSSR count). The molecule has 2 amide bonds. The van der Waals surface area contributed by atoms with Gasteiger partial charge < -0.3 is 4.42 Å². The Morgan fingerprint density at radius 1 is 0.871 bits per heavy atom. The molecular formula is C22H11N3O6. The molecule has 31 heavy (non-hydrogen) atoms. The van der Waals surface area contributed by atoms with Gasteiger partial charge in [0.2, 0.25) is 5.89 Å². The van der Waals surface area contributed by atoms with Gasteiger partial charge in [0.25, 0.3) is 17.5 Å². The normalized spacial score (nSPS) is 13.0. The number of nitro benzene ring substituents is 1. The van der Waals surface area contributed by atoms with Gasteiger partial charge in [0, 0.05) is 11.6 Å². The van der Waals surface area contributed by atoms with Gasteiger partial charge in [-0.15, -0.1) is 0 Å². The second-order valence-corrected chi connectivity index (χ2v) is 6.77. The number of hydrogen-bond acceptors (Lipinski definition) is 7. The molecule has 1 aliphatic heterocycles. The first-order chi connectivity index (χ1) is 15.0. The highest BCUT2D eigenvalue weighted by molar-refractivity contribution is 6.35. The summed E-state index contributed by atoms with van der Waals surface area (Å²) in [5.41, 5.74) is -0.0317. The number of para-hydroxylation sites is 1. The van der Waals surface area contributed by atoms with Crippen LogP contribution in [0.5, 0.6) is 0 Å². The number of carbonyl (C=O) groups is 2. The number of benzene rings is 3. The third-order valence-electron chi connectivity index (χ3n) is 5.00. The number of amides is 2. The van der Waals surface area contributed by atoms with E-state index in [2.05, 4.69) is 4.98 Å². The largest absolute Gasteiger partial charge is 0.403 e. The number of anilines is 1. The molecule has 2 heterocycles. The lowest BCUT2D eigenvalue weighted by Crippen LogP contribution is -2.29. The van der Waals surface area contributed by atoms with Crippen molar-refractivity contribution in [2.45, 2.75) is 0 Å². The number of rotatable bonds is 3. The van der Waals surface area contributed by atoms with Crippen molar-refractivity contribution in [3.05, 3.63) is 98.4 Å². The Balaban J connectivity index is 1.53. The minimum atomic E-state index is -0.768. The lowest BCUT2D eigenvalue weighted by atomic mass is 10.1. The van der Waals surface area contributed by atoms with Crippen LogP contribution in [0.3, 0.4) is 0 Å². The average molecular weight is 413 g/mol. The van der Waals surface area contributed by atoms with E-state index in [-0.39, 0.29) is 22.7 Å². The van der Waals surface area contributed by atoms with Gasteiger partial charge in [-0.25, -0.2) is 14.7 Å². The number of hydrogen-bond donors (Lipinski definition) is 0. The molecule has 0 atom stereocenters. The van der Waals surface area contributed by atoms with E-state index in [0.717, 1.165) is 4.90 Å². The van der Waals surface area contributed by atoms with Crippen LogP contribution < -0.4 is 10.5 Å². The lowest BCUT2D eigenvalue weighted by molar-refractivity contribution is -0.385.